The molecule has 0 aromatic carbocycles. The van der Waals surface area contributed by atoms with Crippen LogP contribution in [0.2, 0.25) is 0 Å². The van der Waals surface area contributed by atoms with Gasteiger partial charge in [-0.15, -0.1) is 11.3 Å². The summed E-state index contributed by atoms with van der Waals surface area (Å²) in [6, 6.07) is 4.02. The summed E-state index contributed by atoms with van der Waals surface area (Å²) in [5.41, 5.74) is 0. The van der Waals surface area contributed by atoms with Crippen LogP contribution in [-0.4, -0.2) is 47.8 Å². The highest BCUT2D eigenvalue weighted by Gasteiger charge is 2.40. The van der Waals surface area contributed by atoms with Crippen molar-refractivity contribution in [3.05, 3.63) is 21.9 Å². The minimum atomic E-state index is -0.0156. The standard InChI is InChI=1S/C19H28N2O2S/c1-14-10-11-17(24-14)19(23)21-13-6-4-3-5-12-20(2)18(22)15-8-7-9-16(15)21/h10-11,15-16H,3-9,12-13H2,1-2H3/t15-,16+/m1/s1. The Morgan fingerprint density at radius 1 is 1.08 bits per heavy atom. The van der Waals surface area contributed by atoms with Crippen molar-refractivity contribution in [1.82, 2.24) is 9.80 Å². The highest BCUT2D eigenvalue weighted by Crippen LogP contribution is 2.33. The molecule has 5 heteroatoms. The Bertz CT molecular complexity index is 598. The summed E-state index contributed by atoms with van der Waals surface area (Å²) in [4.78, 5) is 31.9. The Hall–Kier alpha value is -1.36. The minimum Gasteiger partial charge on any atom is -0.345 e. The second kappa shape index (κ2) is 7.68. The van der Waals surface area contributed by atoms with Gasteiger partial charge in [0.05, 0.1) is 10.8 Å². The fourth-order valence-electron chi connectivity index (χ4n) is 4.09. The van der Waals surface area contributed by atoms with Gasteiger partial charge in [-0.3, -0.25) is 9.59 Å². The second-order valence-corrected chi connectivity index (χ2v) is 8.48. The zero-order valence-electron chi connectivity index (χ0n) is 14.8. The van der Waals surface area contributed by atoms with Crippen LogP contribution in [0.4, 0.5) is 0 Å². The Balaban J connectivity index is 1.86. The molecule has 24 heavy (non-hydrogen) atoms. The third kappa shape index (κ3) is 3.66. The largest absolute Gasteiger partial charge is 0.345 e. The van der Waals surface area contributed by atoms with E-state index in [2.05, 4.69) is 0 Å². The van der Waals surface area contributed by atoms with Crippen LogP contribution in [0.3, 0.4) is 0 Å². The predicted octanol–water partition coefficient (Wildman–Crippen LogP) is 3.70. The molecule has 1 aromatic rings. The first kappa shape index (κ1) is 17.5. The molecule has 2 atom stereocenters. The van der Waals surface area contributed by atoms with Crippen LogP contribution in [-0.2, 0) is 4.79 Å². The number of thiophene rings is 1. The van der Waals surface area contributed by atoms with Gasteiger partial charge in [-0.2, -0.15) is 0 Å². The van der Waals surface area contributed by atoms with E-state index in [0.29, 0.717) is 0 Å². The predicted molar refractivity (Wildman–Crippen MR) is 97.3 cm³/mol. The van der Waals surface area contributed by atoms with Crippen molar-refractivity contribution in [2.75, 3.05) is 20.1 Å². The van der Waals surface area contributed by atoms with Crippen molar-refractivity contribution >= 4 is 23.2 Å². The molecular weight excluding hydrogens is 320 g/mol. The Labute approximate surface area is 148 Å². The van der Waals surface area contributed by atoms with Crippen molar-refractivity contribution in [3.8, 4) is 0 Å². The summed E-state index contributed by atoms with van der Waals surface area (Å²) < 4.78 is 0. The zero-order valence-corrected chi connectivity index (χ0v) is 15.6. The SMILES string of the molecule is Cc1ccc(C(=O)N2CCCCCCN(C)C(=O)[C@@H]3CCC[C@@H]32)s1. The molecule has 1 saturated heterocycles. The number of aryl methyl sites for hydroxylation is 1. The lowest BCUT2D eigenvalue weighted by atomic mass is 9.99. The molecule has 0 spiro atoms. The van der Waals surface area contributed by atoms with Gasteiger partial charge in [0, 0.05) is 31.1 Å². The lowest BCUT2D eigenvalue weighted by Crippen LogP contribution is -2.47. The summed E-state index contributed by atoms with van der Waals surface area (Å²) in [7, 11) is 1.92. The molecule has 0 bridgehead atoms. The molecule has 3 rings (SSSR count). The second-order valence-electron chi connectivity index (χ2n) is 7.19. The van der Waals surface area contributed by atoms with Crippen molar-refractivity contribution in [2.45, 2.75) is 57.9 Å². The first-order valence-electron chi connectivity index (χ1n) is 9.20. The van der Waals surface area contributed by atoms with Crippen molar-refractivity contribution in [1.29, 1.82) is 0 Å². The summed E-state index contributed by atoms with van der Waals surface area (Å²) in [5, 5.41) is 0. The summed E-state index contributed by atoms with van der Waals surface area (Å²) in [6.07, 6.45) is 7.29. The Morgan fingerprint density at radius 3 is 2.54 bits per heavy atom. The summed E-state index contributed by atoms with van der Waals surface area (Å²) in [5.74, 6) is 0.345. The molecule has 2 fully saturated rings. The molecule has 2 amide bonds. The van der Waals surface area contributed by atoms with E-state index in [1.165, 1.54) is 0 Å². The van der Waals surface area contributed by atoms with Gasteiger partial charge < -0.3 is 9.80 Å². The van der Waals surface area contributed by atoms with Gasteiger partial charge in [-0.1, -0.05) is 19.3 Å². The lowest BCUT2D eigenvalue weighted by Gasteiger charge is -2.33. The maximum atomic E-state index is 13.1. The van der Waals surface area contributed by atoms with Crippen molar-refractivity contribution in [2.24, 2.45) is 5.92 Å². The highest BCUT2D eigenvalue weighted by molar-refractivity contribution is 7.13. The quantitative estimate of drug-likeness (QED) is 0.776. The number of hydrogen-bond donors (Lipinski definition) is 0. The zero-order chi connectivity index (χ0) is 17.1. The van der Waals surface area contributed by atoms with Gasteiger partial charge >= 0.3 is 0 Å². The summed E-state index contributed by atoms with van der Waals surface area (Å²) >= 11 is 1.56. The van der Waals surface area contributed by atoms with E-state index in [1.54, 1.807) is 11.3 Å². The monoisotopic (exact) mass is 348 g/mol. The number of carbonyl (C=O) groups is 2. The van der Waals surface area contributed by atoms with Crippen LogP contribution < -0.4 is 0 Å². The normalized spacial score (nSPS) is 26.2. The summed E-state index contributed by atoms with van der Waals surface area (Å²) in [6.45, 7) is 3.67. The van der Waals surface area contributed by atoms with Crippen molar-refractivity contribution < 1.29 is 9.59 Å². The van der Waals surface area contributed by atoms with Crippen LogP contribution in [0.5, 0.6) is 0 Å². The van der Waals surface area contributed by atoms with Crippen LogP contribution in [0.25, 0.3) is 0 Å². The number of nitrogens with zero attached hydrogens (tertiary/aromatic N) is 2. The molecule has 0 unspecified atom stereocenters. The fraction of sp³-hybridized carbons (Fsp3) is 0.684. The third-order valence-electron chi connectivity index (χ3n) is 5.43. The van der Waals surface area contributed by atoms with Crippen LogP contribution in [0.15, 0.2) is 12.1 Å². The van der Waals surface area contributed by atoms with E-state index in [0.717, 1.165) is 67.8 Å². The molecule has 1 aliphatic heterocycles. The molecule has 0 N–H and O–H groups in total. The van der Waals surface area contributed by atoms with E-state index in [1.807, 2.05) is 35.9 Å². The maximum absolute atomic E-state index is 13.1. The molecule has 2 aliphatic rings. The van der Waals surface area contributed by atoms with Gasteiger partial charge in [0.25, 0.3) is 5.91 Å². The van der Waals surface area contributed by atoms with E-state index < -0.39 is 0 Å². The first-order chi connectivity index (χ1) is 11.6. The van der Waals surface area contributed by atoms with E-state index in [9.17, 15) is 9.59 Å². The maximum Gasteiger partial charge on any atom is 0.264 e. The van der Waals surface area contributed by atoms with Gasteiger partial charge in [0.1, 0.15) is 0 Å². The van der Waals surface area contributed by atoms with E-state index >= 15 is 0 Å². The molecule has 0 radical (unpaired) electrons. The van der Waals surface area contributed by atoms with Gasteiger partial charge in [-0.25, -0.2) is 0 Å². The minimum absolute atomic E-state index is 0.0156. The van der Waals surface area contributed by atoms with Gasteiger partial charge in [-0.05, 0) is 44.7 Å². The van der Waals surface area contributed by atoms with Gasteiger partial charge in [0.15, 0.2) is 0 Å². The molecule has 132 valence electrons. The Morgan fingerprint density at radius 2 is 1.83 bits per heavy atom. The highest BCUT2D eigenvalue weighted by atomic mass is 32.1. The number of amides is 2. The average Bonchev–Trinajstić information content (AvgIpc) is 3.21. The van der Waals surface area contributed by atoms with Crippen LogP contribution in [0.1, 0.15) is 59.5 Å². The molecular formula is C19H28N2O2S. The average molecular weight is 349 g/mol. The van der Waals surface area contributed by atoms with E-state index in [4.69, 9.17) is 0 Å². The molecule has 4 nitrogen and oxygen atoms in total. The van der Waals surface area contributed by atoms with Gasteiger partial charge in [0.2, 0.25) is 5.91 Å². The van der Waals surface area contributed by atoms with E-state index in [-0.39, 0.29) is 23.8 Å². The topological polar surface area (TPSA) is 40.6 Å². The fourth-order valence-corrected chi connectivity index (χ4v) is 4.91. The third-order valence-corrected chi connectivity index (χ3v) is 6.42. The molecule has 1 aromatic heterocycles. The van der Waals surface area contributed by atoms with Crippen molar-refractivity contribution in [3.63, 3.8) is 0 Å². The first-order valence-corrected chi connectivity index (χ1v) is 10.0. The number of hydrogen-bond acceptors (Lipinski definition) is 3. The molecule has 1 saturated carbocycles. The Kier molecular flexibility index (Phi) is 5.59. The number of fused-ring (bicyclic) bond motifs is 1. The number of rotatable bonds is 1. The van der Waals surface area contributed by atoms with Crippen LogP contribution in [0, 0.1) is 12.8 Å². The molecule has 1 aliphatic carbocycles. The smallest absolute Gasteiger partial charge is 0.264 e. The molecule has 2 heterocycles. The number of carbonyl (C=O) groups excluding carboxylic acids is 2. The van der Waals surface area contributed by atoms with Crippen LogP contribution >= 0.6 is 11.3 Å². The lowest BCUT2D eigenvalue weighted by molar-refractivity contribution is -0.135.